The van der Waals surface area contributed by atoms with Crippen molar-refractivity contribution in [2.45, 2.75) is 20.8 Å². The Morgan fingerprint density at radius 3 is 2.41 bits per heavy atom. The van der Waals surface area contributed by atoms with Gasteiger partial charge in [0, 0.05) is 18.0 Å². The molecule has 0 spiro atoms. The lowest BCUT2D eigenvalue weighted by molar-refractivity contribution is 0.400. The van der Waals surface area contributed by atoms with E-state index in [0.717, 1.165) is 22.6 Å². The third-order valence-corrected chi connectivity index (χ3v) is 3.26. The summed E-state index contributed by atoms with van der Waals surface area (Å²) in [5, 5.41) is 10.2. The van der Waals surface area contributed by atoms with Gasteiger partial charge in [-0.15, -0.1) is 0 Å². The number of nitrogens with one attached hydrogen (secondary N) is 2. The lowest BCUT2D eigenvalue weighted by Gasteiger charge is -2.11. The van der Waals surface area contributed by atoms with Crippen LogP contribution in [0.5, 0.6) is 0 Å². The summed E-state index contributed by atoms with van der Waals surface area (Å²) >= 11 is 0. The van der Waals surface area contributed by atoms with Crippen molar-refractivity contribution in [3.8, 4) is 0 Å². The quantitative estimate of drug-likeness (QED) is 0.760. The molecule has 6 heteroatoms. The maximum atomic E-state index is 5.02. The highest BCUT2D eigenvalue weighted by Gasteiger charge is 2.06. The Morgan fingerprint density at radius 1 is 0.955 bits per heavy atom. The smallest absolute Gasteiger partial charge is 0.229 e. The summed E-state index contributed by atoms with van der Waals surface area (Å²) < 4.78 is 5.02. The van der Waals surface area contributed by atoms with Crippen LogP contribution in [-0.2, 0) is 0 Å². The van der Waals surface area contributed by atoms with Crippen LogP contribution in [0.2, 0.25) is 0 Å². The molecule has 3 aromatic rings. The fraction of sp³-hybridized carbons (Fsp3) is 0.188. The van der Waals surface area contributed by atoms with Gasteiger partial charge in [0.15, 0.2) is 5.82 Å². The highest BCUT2D eigenvalue weighted by molar-refractivity contribution is 5.63. The van der Waals surface area contributed by atoms with Crippen LogP contribution in [0.15, 0.2) is 41.1 Å². The maximum absolute atomic E-state index is 5.02. The van der Waals surface area contributed by atoms with Gasteiger partial charge in [0.1, 0.15) is 11.6 Å². The van der Waals surface area contributed by atoms with Crippen LogP contribution >= 0.6 is 0 Å². The summed E-state index contributed by atoms with van der Waals surface area (Å²) in [6, 6.07) is 9.72. The first kappa shape index (κ1) is 14.1. The monoisotopic (exact) mass is 295 g/mol. The molecule has 112 valence electrons. The van der Waals surface area contributed by atoms with Crippen molar-refractivity contribution in [3.63, 3.8) is 0 Å². The van der Waals surface area contributed by atoms with E-state index in [1.54, 1.807) is 18.3 Å². The fourth-order valence-corrected chi connectivity index (χ4v) is 2.17. The average Bonchev–Trinajstić information content (AvgIpc) is 2.89. The predicted molar refractivity (Wildman–Crippen MR) is 85.8 cm³/mol. The summed E-state index contributed by atoms with van der Waals surface area (Å²) in [4.78, 5) is 8.70. The first-order valence-electron chi connectivity index (χ1n) is 6.98. The second-order valence-corrected chi connectivity index (χ2v) is 5.11. The topological polar surface area (TPSA) is 75.9 Å². The fourth-order valence-electron chi connectivity index (χ4n) is 2.17. The summed E-state index contributed by atoms with van der Waals surface area (Å²) in [6.07, 6.45) is 1.69. The van der Waals surface area contributed by atoms with E-state index in [0.29, 0.717) is 17.6 Å². The van der Waals surface area contributed by atoms with E-state index in [-0.39, 0.29) is 0 Å². The van der Waals surface area contributed by atoms with Gasteiger partial charge in [-0.1, -0.05) is 23.4 Å². The molecular weight excluding hydrogens is 278 g/mol. The lowest BCUT2D eigenvalue weighted by atomic mass is 10.1. The molecule has 1 aromatic carbocycles. The summed E-state index contributed by atoms with van der Waals surface area (Å²) in [5.41, 5.74) is 3.32. The van der Waals surface area contributed by atoms with Gasteiger partial charge in [-0.05, 0) is 38.0 Å². The second-order valence-electron chi connectivity index (χ2n) is 5.11. The number of hydrogen-bond donors (Lipinski definition) is 2. The van der Waals surface area contributed by atoms with Gasteiger partial charge in [-0.3, -0.25) is 0 Å². The van der Waals surface area contributed by atoms with Gasteiger partial charge < -0.3 is 15.2 Å². The first-order chi connectivity index (χ1) is 10.6. The minimum atomic E-state index is 0.530. The molecule has 2 heterocycles. The summed E-state index contributed by atoms with van der Waals surface area (Å²) in [6.45, 7) is 5.94. The normalized spacial score (nSPS) is 10.5. The zero-order valence-electron chi connectivity index (χ0n) is 12.7. The highest BCUT2D eigenvalue weighted by atomic mass is 16.5. The van der Waals surface area contributed by atoms with Crippen molar-refractivity contribution < 1.29 is 4.52 Å². The van der Waals surface area contributed by atoms with E-state index in [1.165, 1.54) is 0 Å². The largest absolute Gasteiger partial charge is 0.360 e. The van der Waals surface area contributed by atoms with Gasteiger partial charge >= 0.3 is 0 Å². The number of para-hydroxylation sites is 1. The van der Waals surface area contributed by atoms with Crippen LogP contribution in [-0.4, -0.2) is 15.1 Å². The van der Waals surface area contributed by atoms with Crippen molar-refractivity contribution in [2.24, 2.45) is 0 Å². The molecule has 3 rings (SSSR count). The molecule has 0 unspecified atom stereocenters. The minimum Gasteiger partial charge on any atom is -0.360 e. The molecule has 0 atom stereocenters. The standard InChI is InChI=1S/C16H17N5O/c1-10-5-4-6-11(2)15(10)20-16-17-8-7-13(19-16)18-14-9-12(3)22-21-14/h4-9H,1-3H3,(H2,17,18,19,20,21). The van der Waals surface area contributed by atoms with Gasteiger partial charge in [-0.25, -0.2) is 4.98 Å². The molecule has 0 saturated carbocycles. The number of rotatable bonds is 4. The highest BCUT2D eigenvalue weighted by Crippen LogP contribution is 2.23. The van der Waals surface area contributed by atoms with E-state index >= 15 is 0 Å². The number of hydrogen-bond acceptors (Lipinski definition) is 6. The van der Waals surface area contributed by atoms with Gasteiger partial charge in [-0.2, -0.15) is 4.98 Å². The zero-order chi connectivity index (χ0) is 15.5. The molecule has 2 aromatic heterocycles. The van der Waals surface area contributed by atoms with Crippen LogP contribution in [0, 0.1) is 20.8 Å². The van der Waals surface area contributed by atoms with Gasteiger partial charge in [0.05, 0.1) is 0 Å². The third kappa shape index (κ3) is 3.06. The molecule has 6 nitrogen and oxygen atoms in total. The molecule has 0 bridgehead atoms. The molecular formula is C16H17N5O. The Kier molecular flexibility index (Phi) is 3.74. The summed E-state index contributed by atoms with van der Waals surface area (Å²) in [7, 11) is 0. The van der Waals surface area contributed by atoms with Gasteiger partial charge in [0.2, 0.25) is 5.95 Å². The molecule has 0 aliphatic rings. The van der Waals surface area contributed by atoms with Crippen molar-refractivity contribution >= 4 is 23.3 Å². The Balaban J connectivity index is 1.82. The minimum absolute atomic E-state index is 0.530. The predicted octanol–water partition coefficient (Wildman–Crippen LogP) is 3.88. The van der Waals surface area contributed by atoms with Crippen LogP contribution in [0.4, 0.5) is 23.3 Å². The Labute approximate surface area is 128 Å². The maximum Gasteiger partial charge on any atom is 0.229 e. The molecule has 22 heavy (non-hydrogen) atoms. The van der Waals surface area contributed by atoms with E-state index in [9.17, 15) is 0 Å². The van der Waals surface area contributed by atoms with Crippen LogP contribution < -0.4 is 10.6 Å². The number of aromatic nitrogens is 3. The van der Waals surface area contributed by atoms with Gasteiger partial charge in [0.25, 0.3) is 0 Å². The molecule has 2 N–H and O–H groups in total. The molecule has 0 aliphatic heterocycles. The van der Waals surface area contributed by atoms with Crippen molar-refractivity contribution in [1.82, 2.24) is 15.1 Å². The summed E-state index contributed by atoms with van der Waals surface area (Å²) in [5.74, 6) is 2.54. The molecule has 0 aliphatic carbocycles. The number of nitrogens with zero attached hydrogens (tertiary/aromatic N) is 3. The molecule has 0 amide bonds. The van der Waals surface area contributed by atoms with E-state index in [2.05, 4.69) is 51.7 Å². The Hall–Kier alpha value is -2.89. The van der Waals surface area contributed by atoms with Crippen molar-refractivity contribution in [1.29, 1.82) is 0 Å². The lowest BCUT2D eigenvalue weighted by Crippen LogP contribution is -2.02. The third-order valence-electron chi connectivity index (χ3n) is 3.26. The Bertz CT molecular complexity index is 776. The van der Waals surface area contributed by atoms with Crippen LogP contribution in [0.1, 0.15) is 16.9 Å². The van der Waals surface area contributed by atoms with E-state index in [1.807, 2.05) is 13.0 Å². The molecule has 0 fully saturated rings. The van der Waals surface area contributed by atoms with Crippen molar-refractivity contribution in [3.05, 3.63) is 53.4 Å². The zero-order valence-corrected chi connectivity index (χ0v) is 12.7. The van der Waals surface area contributed by atoms with E-state index in [4.69, 9.17) is 4.52 Å². The first-order valence-corrected chi connectivity index (χ1v) is 6.98. The molecule has 0 radical (unpaired) electrons. The second kappa shape index (κ2) is 5.85. The molecule has 0 saturated heterocycles. The number of anilines is 4. The number of aryl methyl sites for hydroxylation is 3. The van der Waals surface area contributed by atoms with Crippen LogP contribution in [0.3, 0.4) is 0 Å². The van der Waals surface area contributed by atoms with Crippen molar-refractivity contribution in [2.75, 3.05) is 10.6 Å². The SMILES string of the molecule is Cc1cc(Nc2ccnc(Nc3c(C)cccc3C)n2)no1. The number of benzene rings is 1. The van der Waals surface area contributed by atoms with Crippen LogP contribution in [0.25, 0.3) is 0 Å². The Morgan fingerprint density at radius 2 is 1.73 bits per heavy atom. The van der Waals surface area contributed by atoms with E-state index < -0.39 is 0 Å². The average molecular weight is 295 g/mol.